The first-order chi connectivity index (χ1) is 9.94. The van der Waals surface area contributed by atoms with Crippen LogP contribution in [0.4, 0.5) is 5.69 Å². The first-order valence-corrected chi connectivity index (χ1v) is 8.13. The van der Waals surface area contributed by atoms with Crippen LogP contribution in [0.3, 0.4) is 0 Å². The second-order valence-corrected chi connectivity index (χ2v) is 7.54. The summed E-state index contributed by atoms with van der Waals surface area (Å²) in [5.41, 5.74) is 7.90. The van der Waals surface area contributed by atoms with Crippen LogP contribution >= 0.6 is 15.9 Å². The highest BCUT2D eigenvalue weighted by Crippen LogP contribution is 2.42. The van der Waals surface area contributed by atoms with Gasteiger partial charge in [0.2, 0.25) is 0 Å². The van der Waals surface area contributed by atoms with Gasteiger partial charge in [-0.1, -0.05) is 34.9 Å². The molecule has 0 aliphatic heterocycles. The van der Waals surface area contributed by atoms with Crippen molar-refractivity contribution in [3.05, 3.63) is 28.5 Å². The molecule has 0 unspecified atom stereocenters. The lowest BCUT2D eigenvalue weighted by molar-refractivity contribution is 0.218. The van der Waals surface area contributed by atoms with Gasteiger partial charge in [0.1, 0.15) is 0 Å². The molecule has 2 N–H and O–H groups in total. The summed E-state index contributed by atoms with van der Waals surface area (Å²) in [5.74, 6) is 1.75. The zero-order chi connectivity index (χ0) is 15.0. The number of aromatic nitrogens is 2. The number of nitrogens with two attached hydrogens (primary N) is 1. The van der Waals surface area contributed by atoms with Crippen LogP contribution in [0.1, 0.15) is 51.3 Å². The Morgan fingerprint density at radius 1 is 1.29 bits per heavy atom. The van der Waals surface area contributed by atoms with Gasteiger partial charge in [-0.3, -0.25) is 0 Å². The van der Waals surface area contributed by atoms with Crippen molar-refractivity contribution in [1.29, 1.82) is 0 Å². The molecule has 1 aromatic carbocycles. The van der Waals surface area contributed by atoms with E-state index in [1.54, 1.807) is 0 Å². The smallest absolute Gasteiger partial charge is 0.260 e. The molecule has 1 aliphatic carbocycles. The first-order valence-electron chi connectivity index (χ1n) is 7.34. The summed E-state index contributed by atoms with van der Waals surface area (Å²) in [4.78, 5) is 4.57. The van der Waals surface area contributed by atoms with E-state index in [2.05, 4.69) is 39.9 Å². The Kier molecular flexibility index (Phi) is 3.78. The second-order valence-electron chi connectivity index (χ2n) is 6.63. The molecule has 0 saturated heterocycles. The number of anilines is 1. The number of nitrogen functional groups attached to an aromatic ring is 1. The largest absolute Gasteiger partial charge is 0.398 e. The Hall–Kier alpha value is -1.36. The molecule has 112 valence electrons. The maximum absolute atomic E-state index is 6.02. The summed E-state index contributed by atoms with van der Waals surface area (Å²) in [6.07, 6.45) is 4.67. The SMILES string of the molecule is CC1(C)CCC(c2noc(-c3ccc(Br)cc3N)n2)CC1. The zero-order valence-corrected chi connectivity index (χ0v) is 14.0. The first kappa shape index (κ1) is 14.6. The standard InChI is InChI=1S/C16H20BrN3O/c1-16(2)7-5-10(6-8-16)14-19-15(21-20-14)12-4-3-11(17)9-13(12)18/h3-4,9-10H,5-8,18H2,1-2H3. The fourth-order valence-electron chi connectivity index (χ4n) is 2.90. The molecule has 21 heavy (non-hydrogen) atoms. The van der Waals surface area contributed by atoms with Gasteiger partial charge in [0.05, 0.1) is 5.56 Å². The fourth-order valence-corrected chi connectivity index (χ4v) is 3.27. The minimum absolute atomic E-state index is 0.409. The summed E-state index contributed by atoms with van der Waals surface area (Å²) < 4.78 is 6.36. The molecule has 1 aliphatic rings. The Labute approximate surface area is 133 Å². The lowest BCUT2D eigenvalue weighted by atomic mass is 9.73. The Balaban J connectivity index is 1.81. The Bertz CT molecular complexity index is 641. The van der Waals surface area contributed by atoms with Crippen LogP contribution in [0.15, 0.2) is 27.2 Å². The van der Waals surface area contributed by atoms with Crippen molar-refractivity contribution in [2.45, 2.75) is 45.4 Å². The summed E-state index contributed by atoms with van der Waals surface area (Å²) in [6, 6.07) is 5.68. The molecule has 0 amide bonds. The van der Waals surface area contributed by atoms with Crippen LogP contribution in [-0.4, -0.2) is 10.1 Å². The van der Waals surface area contributed by atoms with Gasteiger partial charge in [0.25, 0.3) is 5.89 Å². The third-order valence-electron chi connectivity index (χ3n) is 4.39. The molecule has 0 atom stereocenters. The van der Waals surface area contributed by atoms with Gasteiger partial charge in [-0.25, -0.2) is 0 Å². The van der Waals surface area contributed by atoms with Crippen LogP contribution in [0.25, 0.3) is 11.5 Å². The van der Waals surface area contributed by atoms with Gasteiger partial charge in [-0.15, -0.1) is 0 Å². The molecule has 1 heterocycles. The van der Waals surface area contributed by atoms with Crippen LogP contribution in [0, 0.1) is 5.41 Å². The van der Waals surface area contributed by atoms with Crippen molar-refractivity contribution in [3.63, 3.8) is 0 Å². The van der Waals surface area contributed by atoms with Crippen molar-refractivity contribution < 1.29 is 4.52 Å². The highest BCUT2D eigenvalue weighted by Gasteiger charge is 2.30. The van der Waals surface area contributed by atoms with E-state index in [4.69, 9.17) is 10.3 Å². The molecule has 1 saturated carbocycles. The predicted molar refractivity (Wildman–Crippen MR) is 86.8 cm³/mol. The molecule has 3 rings (SSSR count). The van der Waals surface area contributed by atoms with E-state index < -0.39 is 0 Å². The van der Waals surface area contributed by atoms with E-state index >= 15 is 0 Å². The number of hydrogen-bond donors (Lipinski definition) is 1. The van der Waals surface area contributed by atoms with Crippen molar-refractivity contribution in [1.82, 2.24) is 10.1 Å². The number of nitrogens with zero attached hydrogens (tertiary/aromatic N) is 2. The number of hydrogen-bond acceptors (Lipinski definition) is 4. The van der Waals surface area contributed by atoms with Crippen LogP contribution < -0.4 is 5.73 Å². The minimum Gasteiger partial charge on any atom is -0.398 e. The molecule has 2 aromatic rings. The summed E-state index contributed by atoms with van der Waals surface area (Å²) in [5, 5.41) is 4.17. The van der Waals surface area contributed by atoms with Gasteiger partial charge in [0, 0.05) is 16.1 Å². The third-order valence-corrected chi connectivity index (χ3v) is 4.88. The molecular formula is C16H20BrN3O. The van der Waals surface area contributed by atoms with Gasteiger partial charge in [-0.05, 0) is 49.3 Å². The second kappa shape index (κ2) is 5.44. The van der Waals surface area contributed by atoms with Crippen molar-refractivity contribution >= 4 is 21.6 Å². The highest BCUT2D eigenvalue weighted by molar-refractivity contribution is 9.10. The molecule has 5 heteroatoms. The van der Waals surface area contributed by atoms with Crippen molar-refractivity contribution in [3.8, 4) is 11.5 Å². The fraction of sp³-hybridized carbons (Fsp3) is 0.500. The van der Waals surface area contributed by atoms with E-state index in [0.717, 1.165) is 28.7 Å². The Morgan fingerprint density at radius 3 is 2.67 bits per heavy atom. The van der Waals surface area contributed by atoms with Crippen molar-refractivity contribution in [2.24, 2.45) is 5.41 Å². The van der Waals surface area contributed by atoms with E-state index in [-0.39, 0.29) is 0 Å². The maximum atomic E-state index is 6.02. The van der Waals surface area contributed by atoms with E-state index in [9.17, 15) is 0 Å². The minimum atomic E-state index is 0.409. The van der Waals surface area contributed by atoms with E-state index in [1.165, 1.54) is 12.8 Å². The number of rotatable bonds is 2. The summed E-state index contributed by atoms with van der Waals surface area (Å²) in [7, 11) is 0. The summed E-state index contributed by atoms with van der Waals surface area (Å²) >= 11 is 3.40. The average molecular weight is 350 g/mol. The Morgan fingerprint density at radius 2 is 2.00 bits per heavy atom. The van der Waals surface area contributed by atoms with E-state index in [1.807, 2.05) is 18.2 Å². The average Bonchev–Trinajstić information content (AvgIpc) is 2.88. The molecule has 0 bridgehead atoms. The van der Waals surface area contributed by atoms with Crippen molar-refractivity contribution in [2.75, 3.05) is 5.73 Å². The maximum Gasteiger partial charge on any atom is 0.260 e. The molecule has 1 aromatic heterocycles. The van der Waals surface area contributed by atoms with E-state index in [0.29, 0.717) is 22.9 Å². The van der Waals surface area contributed by atoms with Gasteiger partial charge in [0.15, 0.2) is 5.82 Å². The van der Waals surface area contributed by atoms with Crippen LogP contribution in [0.5, 0.6) is 0 Å². The lowest BCUT2D eigenvalue weighted by Crippen LogP contribution is -2.20. The van der Waals surface area contributed by atoms with Crippen LogP contribution in [0.2, 0.25) is 0 Å². The predicted octanol–water partition coefficient (Wildman–Crippen LogP) is 4.77. The topological polar surface area (TPSA) is 64.9 Å². The highest BCUT2D eigenvalue weighted by atomic mass is 79.9. The summed E-state index contributed by atoms with van der Waals surface area (Å²) in [6.45, 7) is 4.65. The zero-order valence-electron chi connectivity index (χ0n) is 12.4. The number of halogens is 1. The number of benzene rings is 1. The van der Waals surface area contributed by atoms with Gasteiger partial charge < -0.3 is 10.3 Å². The van der Waals surface area contributed by atoms with Gasteiger partial charge >= 0.3 is 0 Å². The molecule has 0 spiro atoms. The lowest BCUT2D eigenvalue weighted by Gasteiger charge is -2.32. The van der Waals surface area contributed by atoms with Crippen LogP contribution in [-0.2, 0) is 0 Å². The molecule has 4 nitrogen and oxygen atoms in total. The monoisotopic (exact) mass is 349 g/mol. The quantitative estimate of drug-likeness (QED) is 0.793. The molecular weight excluding hydrogens is 330 g/mol. The third kappa shape index (κ3) is 3.12. The normalized spacial score (nSPS) is 18.8. The van der Waals surface area contributed by atoms with Gasteiger partial charge in [-0.2, -0.15) is 4.98 Å². The molecule has 0 radical (unpaired) electrons. The molecule has 1 fully saturated rings.